The molecule has 0 radical (unpaired) electrons. The van der Waals surface area contributed by atoms with Crippen molar-refractivity contribution in [2.75, 3.05) is 0 Å². The molecule has 0 saturated heterocycles. The van der Waals surface area contributed by atoms with Crippen LogP contribution in [0.4, 0.5) is 0 Å². The lowest BCUT2D eigenvalue weighted by molar-refractivity contribution is -0.149. The van der Waals surface area contributed by atoms with Gasteiger partial charge in [-0.2, -0.15) is 0 Å². The van der Waals surface area contributed by atoms with Gasteiger partial charge in [-0.25, -0.2) is 0 Å². The highest BCUT2D eigenvalue weighted by molar-refractivity contribution is 5.69. The van der Waals surface area contributed by atoms with E-state index in [0.717, 1.165) is 70.6 Å². The first kappa shape index (κ1) is 38.4. The second-order valence-corrected chi connectivity index (χ2v) is 11.7. The van der Waals surface area contributed by atoms with Gasteiger partial charge in [0.25, 0.3) is 0 Å². The molecule has 234 valence electrons. The van der Waals surface area contributed by atoms with Crippen LogP contribution in [-0.4, -0.2) is 23.1 Å². The first-order chi connectivity index (χ1) is 19.6. The Labute approximate surface area is 248 Å². The molecule has 0 aromatic rings. The van der Waals surface area contributed by atoms with Crippen molar-refractivity contribution >= 4 is 11.9 Å². The summed E-state index contributed by atoms with van der Waals surface area (Å²) in [7, 11) is 0. The summed E-state index contributed by atoms with van der Waals surface area (Å²) in [6, 6.07) is 0. The highest BCUT2D eigenvalue weighted by Crippen LogP contribution is 2.16. The molecule has 0 spiro atoms. The maximum Gasteiger partial charge on any atom is 0.306 e. The lowest BCUT2D eigenvalue weighted by Gasteiger charge is -2.16. The highest BCUT2D eigenvalue weighted by atomic mass is 16.5. The number of hydrogen-bond donors (Lipinski definition) is 1. The number of rotatable bonds is 31. The fourth-order valence-corrected chi connectivity index (χ4v) is 5.04. The Morgan fingerprint density at radius 1 is 0.550 bits per heavy atom. The molecule has 1 atom stereocenters. The second-order valence-electron chi connectivity index (χ2n) is 11.7. The van der Waals surface area contributed by atoms with E-state index in [1.165, 1.54) is 89.9 Å². The molecule has 40 heavy (non-hydrogen) atoms. The molecule has 4 heteroatoms. The SMILES string of the molecule is CCCCCCCC/C=C\CCCCCCCC(=O)O[C@@H](C/C=C\CCCCCCCC(=O)O)CCCCCC. The van der Waals surface area contributed by atoms with E-state index in [2.05, 4.69) is 38.2 Å². The predicted molar refractivity (Wildman–Crippen MR) is 172 cm³/mol. The zero-order chi connectivity index (χ0) is 29.4. The van der Waals surface area contributed by atoms with Crippen molar-refractivity contribution in [2.45, 2.75) is 193 Å². The topological polar surface area (TPSA) is 63.6 Å². The normalized spacial score (nSPS) is 12.4. The molecule has 0 aromatic heterocycles. The third kappa shape index (κ3) is 31.0. The quantitative estimate of drug-likeness (QED) is 0.0518. The Hall–Kier alpha value is -1.58. The number of carbonyl (C=O) groups excluding carboxylic acids is 1. The Kier molecular flexibility index (Phi) is 30.7. The first-order valence-electron chi connectivity index (χ1n) is 17.3. The van der Waals surface area contributed by atoms with Crippen LogP contribution >= 0.6 is 0 Å². The predicted octanol–water partition coefficient (Wildman–Crippen LogP) is 11.7. The third-order valence-electron chi connectivity index (χ3n) is 7.65. The molecule has 0 unspecified atom stereocenters. The van der Waals surface area contributed by atoms with Gasteiger partial charge in [0.05, 0.1) is 0 Å². The number of aliphatic carboxylic acids is 1. The maximum absolute atomic E-state index is 12.5. The summed E-state index contributed by atoms with van der Waals surface area (Å²) in [6.45, 7) is 4.49. The Balaban J connectivity index is 3.91. The van der Waals surface area contributed by atoms with E-state index in [1.807, 2.05) is 0 Å². The van der Waals surface area contributed by atoms with Crippen molar-refractivity contribution in [2.24, 2.45) is 0 Å². The number of carbonyl (C=O) groups is 2. The molecule has 0 rings (SSSR count). The van der Waals surface area contributed by atoms with Crippen molar-refractivity contribution in [3.8, 4) is 0 Å². The van der Waals surface area contributed by atoms with Crippen LogP contribution in [0, 0.1) is 0 Å². The minimum Gasteiger partial charge on any atom is -0.481 e. The van der Waals surface area contributed by atoms with E-state index in [9.17, 15) is 9.59 Å². The van der Waals surface area contributed by atoms with E-state index in [-0.39, 0.29) is 18.5 Å². The van der Waals surface area contributed by atoms with Gasteiger partial charge in [-0.3, -0.25) is 9.59 Å². The maximum atomic E-state index is 12.5. The Morgan fingerprint density at radius 3 is 1.50 bits per heavy atom. The Bertz CT molecular complexity index is 610. The monoisotopic (exact) mass is 562 g/mol. The second kappa shape index (κ2) is 31.9. The standard InChI is InChI=1S/C36H66O4/c1-3-5-7-9-10-11-12-13-14-15-16-17-22-25-29-33-36(39)40-34(30-26-8-6-4-2)31-27-23-20-18-19-21-24-28-32-35(37)38/h13-14,23,27,34H,3-12,15-22,24-26,28-33H2,1-2H3,(H,37,38)/b14-13-,27-23-/t34-/m1/s1. The minimum absolute atomic E-state index is 0.0137. The van der Waals surface area contributed by atoms with Gasteiger partial charge < -0.3 is 9.84 Å². The average molecular weight is 563 g/mol. The summed E-state index contributed by atoms with van der Waals surface area (Å²) in [5.41, 5.74) is 0. The van der Waals surface area contributed by atoms with E-state index in [1.54, 1.807) is 0 Å². The molecule has 0 fully saturated rings. The summed E-state index contributed by atoms with van der Waals surface area (Å²) < 4.78 is 5.89. The molecule has 0 heterocycles. The lowest BCUT2D eigenvalue weighted by atomic mass is 10.1. The molecule has 0 aliphatic carbocycles. The van der Waals surface area contributed by atoms with Crippen molar-refractivity contribution in [1.29, 1.82) is 0 Å². The smallest absolute Gasteiger partial charge is 0.306 e. The van der Waals surface area contributed by atoms with Gasteiger partial charge >= 0.3 is 11.9 Å². The lowest BCUT2D eigenvalue weighted by Crippen LogP contribution is -2.17. The van der Waals surface area contributed by atoms with Gasteiger partial charge in [-0.1, -0.05) is 128 Å². The third-order valence-corrected chi connectivity index (χ3v) is 7.65. The van der Waals surface area contributed by atoms with Gasteiger partial charge in [0.15, 0.2) is 0 Å². The fourth-order valence-electron chi connectivity index (χ4n) is 5.04. The molecular weight excluding hydrogens is 496 g/mol. The molecule has 0 aromatic carbocycles. The number of hydrogen-bond acceptors (Lipinski definition) is 3. The molecule has 0 amide bonds. The van der Waals surface area contributed by atoms with Crippen LogP contribution in [0.15, 0.2) is 24.3 Å². The molecule has 1 N–H and O–H groups in total. The molecule has 4 nitrogen and oxygen atoms in total. The van der Waals surface area contributed by atoms with Crippen LogP contribution in [0.2, 0.25) is 0 Å². The first-order valence-corrected chi connectivity index (χ1v) is 17.3. The van der Waals surface area contributed by atoms with E-state index >= 15 is 0 Å². The number of carboxylic acid groups (broad SMARTS) is 1. The highest BCUT2D eigenvalue weighted by Gasteiger charge is 2.13. The summed E-state index contributed by atoms with van der Waals surface area (Å²) in [6.07, 6.45) is 39.3. The summed E-state index contributed by atoms with van der Waals surface area (Å²) in [5, 5.41) is 8.69. The average Bonchev–Trinajstić information content (AvgIpc) is 2.93. The number of carboxylic acids is 1. The van der Waals surface area contributed by atoms with Crippen LogP contribution in [0.25, 0.3) is 0 Å². The van der Waals surface area contributed by atoms with Gasteiger partial charge in [-0.05, 0) is 64.2 Å². The van der Waals surface area contributed by atoms with Crippen LogP contribution in [0.1, 0.15) is 187 Å². The minimum atomic E-state index is -0.694. The molecule has 0 saturated carbocycles. The van der Waals surface area contributed by atoms with Crippen LogP contribution in [0.3, 0.4) is 0 Å². The van der Waals surface area contributed by atoms with E-state index in [4.69, 9.17) is 9.84 Å². The van der Waals surface area contributed by atoms with Crippen molar-refractivity contribution < 1.29 is 19.4 Å². The number of allylic oxidation sites excluding steroid dienone is 3. The number of esters is 1. The number of unbranched alkanes of at least 4 members (excludes halogenated alkanes) is 19. The van der Waals surface area contributed by atoms with Crippen molar-refractivity contribution in [1.82, 2.24) is 0 Å². The van der Waals surface area contributed by atoms with E-state index in [0.29, 0.717) is 6.42 Å². The zero-order valence-corrected chi connectivity index (χ0v) is 26.7. The molecule has 0 aliphatic rings. The number of ether oxygens (including phenoxy) is 1. The molecular formula is C36H66O4. The van der Waals surface area contributed by atoms with Gasteiger partial charge in [-0.15, -0.1) is 0 Å². The summed E-state index contributed by atoms with van der Waals surface area (Å²) >= 11 is 0. The van der Waals surface area contributed by atoms with Crippen molar-refractivity contribution in [3.05, 3.63) is 24.3 Å². The molecule has 0 aliphatic heterocycles. The van der Waals surface area contributed by atoms with Crippen LogP contribution < -0.4 is 0 Å². The molecule has 0 bridgehead atoms. The fraction of sp³-hybridized carbons (Fsp3) is 0.833. The van der Waals surface area contributed by atoms with Gasteiger partial charge in [0.1, 0.15) is 6.10 Å². The van der Waals surface area contributed by atoms with Gasteiger partial charge in [0, 0.05) is 19.3 Å². The summed E-state index contributed by atoms with van der Waals surface area (Å²) in [5.74, 6) is -0.714. The summed E-state index contributed by atoms with van der Waals surface area (Å²) in [4.78, 5) is 23.0. The van der Waals surface area contributed by atoms with Crippen molar-refractivity contribution in [3.63, 3.8) is 0 Å². The van der Waals surface area contributed by atoms with Gasteiger partial charge in [0.2, 0.25) is 0 Å². The van der Waals surface area contributed by atoms with Crippen LogP contribution in [-0.2, 0) is 14.3 Å². The van der Waals surface area contributed by atoms with Crippen LogP contribution in [0.5, 0.6) is 0 Å². The largest absolute Gasteiger partial charge is 0.481 e. The van der Waals surface area contributed by atoms with E-state index < -0.39 is 5.97 Å². The zero-order valence-electron chi connectivity index (χ0n) is 26.7. The Morgan fingerprint density at radius 2 is 0.975 bits per heavy atom.